The number of rotatable bonds is 15. The molecule has 1 aromatic heterocycles. The highest BCUT2D eigenvalue weighted by Crippen LogP contribution is 2.21. The molecule has 2 aromatic carbocycles. The number of amides is 1. The molecule has 0 aliphatic heterocycles. The number of nitrogens with one attached hydrogen (secondary N) is 2. The summed E-state index contributed by atoms with van der Waals surface area (Å²) < 4.78 is 0. The Morgan fingerprint density at radius 1 is 0.943 bits per heavy atom. The van der Waals surface area contributed by atoms with Crippen molar-refractivity contribution in [2.24, 2.45) is 0 Å². The highest BCUT2D eigenvalue weighted by atomic mass is 32.1. The second-order valence-electron chi connectivity index (χ2n) is 8.72. The second-order valence-corrected chi connectivity index (χ2v) is 9.58. The fraction of sp³-hybridized carbons (Fsp3) is 0.393. The third kappa shape index (κ3) is 9.17. The van der Waals surface area contributed by atoms with Crippen LogP contribution in [0, 0.1) is 0 Å². The van der Waals surface area contributed by atoms with Gasteiger partial charge < -0.3 is 10.4 Å². The molecule has 0 saturated heterocycles. The zero-order chi connectivity index (χ0) is 24.9. The number of thiazole rings is 1. The normalized spacial score (nSPS) is 10.8. The van der Waals surface area contributed by atoms with Gasteiger partial charge in [0.1, 0.15) is 0 Å². The summed E-state index contributed by atoms with van der Waals surface area (Å²) in [5.41, 5.74) is 4.85. The smallest absolute Gasteiger partial charge is 0.303 e. The van der Waals surface area contributed by atoms with Crippen LogP contribution in [0.1, 0.15) is 79.0 Å². The summed E-state index contributed by atoms with van der Waals surface area (Å²) in [5.74, 6) is -1.09. The summed E-state index contributed by atoms with van der Waals surface area (Å²) >= 11 is 1.30. The number of carboxylic acids is 1. The molecule has 7 heteroatoms. The lowest BCUT2D eigenvalue weighted by molar-refractivity contribution is -0.136. The molecule has 0 unspecified atom stereocenters. The SMILES string of the molecule is CCCCCCCCc1ccccc1NCc1ccc(C(=O)Nc2nc(CCC(=O)O)cs2)cc1. The van der Waals surface area contributed by atoms with Crippen molar-refractivity contribution in [3.63, 3.8) is 0 Å². The van der Waals surface area contributed by atoms with E-state index in [-0.39, 0.29) is 12.3 Å². The van der Waals surface area contributed by atoms with E-state index >= 15 is 0 Å². The van der Waals surface area contributed by atoms with E-state index in [1.165, 1.54) is 61.1 Å². The van der Waals surface area contributed by atoms with Crippen LogP contribution < -0.4 is 10.6 Å². The van der Waals surface area contributed by atoms with Gasteiger partial charge in [0.2, 0.25) is 0 Å². The predicted octanol–water partition coefficient (Wildman–Crippen LogP) is 6.93. The van der Waals surface area contributed by atoms with E-state index in [4.69, 9.17) is 5.11 Å². The van der Waals surface area contributed by atoms with Crippen molar-refractivity contribution in [2.75, 3.05) is 10.6 Å². The van der Waals surface area contributed by atoms with Crippen LogP contribution in [0.3, 0.4) is 0 Å². The number of carbonyl (C=O) groups is 2. The number of nitrogens with zero attached hydrogens (tertiary/aromatic N) is 1. The van der Waals surface area contributed by atoms with Crippen molar-refractivity contribution < 1.29 is 14.7 Å². The summed E-state index contributed by atoms with van der Waals surface area (Å²) in [6.45, 7) is 2.94. The summed E-state index contributed by atoms with van der Waals surface area (Å²) in [6.07, 6.45) is 9.22. The number of para-hydroxylation sites is 1. The molecule has 0 aliphatic carbocycles. The maximum atomic E-state index is 12.6. The number of hydrogen-bond donors (Lipinski definition) is 3. The Labute approximate surface area is 211 Å². The molecular weight excluding hydrogens is 458 g/mol. The molecule has 0 spiro atoms. The van der Waals surface area contributed by atoms with Gasteiger partial charge in [-0.2, -0.15) is 0 Å². The van der Waals surface area contributed by atoms with E-state index < -0.39 is 5.97 Å². The van der Waals surface area contributed by atoms with Crippen molar-refractivity contribution in [1.82, 2.24) is 4.98 Å². The fourth-order valence-corrected chi connectivity index (χ4v) is 4.60. The van der Waals surface area contributed by atoms with Crippen LogP contribution >= 0.6 is 11.3 Å². The molecule has 0 saturated carbocycles. The number of aryl methyl sites for hydroxylation is 2. The molecular formula is C28H35N3O3S. The molecule has 0 bridgehead atoms. The summed E-state index contributed by atoms with van der Waals surface area (Å²) in [5, 5.41) is 17.4. The lowest BCUT2D eigenvalue weighted by Gasteiger charge is -2.12. The Bertz CT molecular complexity index is 1080. The average Bonchev–Trinajstić information content (AvgIpc) is 3.31. The molecule has 0 aliphatic rings. The van der Waals surface area contributed by atoms with Crippen LogP contribution in [0.15, 0.2) is 53.9 Å². The predicted molar refractivity (Wildman–Crippen MR) is 143 cm³/mol. The minimum atomic E-state index is -0.862. The molecule has 0 atom stereocenters. The number of hydrogen-bond acceptors (Lipinski definition) is 5. The maximum absolute atomic E-state index is 12.6. The van der Waals surface area contributed by atoms with Crippen LogP contribution in [0.4, 0.5) is 10.8 Å². The highest BCUT2D eigenvalue weighted by molar-refractivity contribution is 7.14. The summed E-state index contributed by atoms with van der Waals surface area (Å²) in [7, 11) is 0. The van der Waals surface area contributed by atoms with Crippen molar-refractivity contribution >= 4 is 34.0 Å². The van der Waals surface area contributed by atoms with Gasteiger partial charge >= 0.3 is 5.97 Å². The largest absolute Gasteiger partial charge is 0.481 e. The van der Waals surface area contributed by atoms with Crippen molar-refractivity contribution in [3.8, 4) is 0 Å². The van der Waals surface area contributed by atoms with Crippen molar-refractivity contribution in [2.45, 2.75) is 71.3 Å². The standard InChI is InChI=1S/C28H35N3O3S/c1-2-3-4-5-6-7-10-22-11-8-9-12-25(22)29-19-21-13-15-23(16-14-21)27(34)31-28-30-24(20-35-28)17-18-26(32)33/h8-9,11-16,20,29H,2-7,10,17-19H2,1H3,(H,32,33)(H,30,31,34). The number of unbranched alkanes of at least 4 members (excludes halogenated alkanes) is 5. The van der Waals surface area contributed by atoms with Crippen LogP contribution in [0.25, 0.3) is 0 Å². The first kappa shape index (κ1) is 26.4. The number of carbonyl (C=O) groups excluding carboxylic acids is 1. The Morgan fingerprint density at radius 2 is 1.69 bits per heavy atom. The van der Waals surface area contributed by atoms with E-state index in [0.29, 0.717) is 29.4 Å². The molecule has 3 N–H and O–H groups in total. The molecule has 35 heavy (non-hydrogen) atoms. The lowest BCUT2D eigenvalue weighted by Crippen LogP contribution is -2.12. The van der Waals surface area contributed by atoms with Gasteiger partial charge in [-0.3, -0.25) is 14.9 Å². The zero-order valence-electron chi connectivity index (χ0n) is 20.4. The highest BCUT2D eigenvalue weighted by Gasteiger charge is 2.10. The molecule has 1 amide bonds. The number of aliphatic carboxylic acids is 1. The number of aromatic nitrogens is 1. The quantitative estimate of drug-likeness (QED) is 0.200. The van der Waals surface area contributed by atoms with Gasteiger partial charge in [-0.1, -0.05) is 69.4 Å². The topological polar surface area (TPSA) is 91.3 Å². The first-order valence-corrected chi connectivity index (χ1v) is 13.3. The third-order valence-electron chi connectivity index (χ3n) is 5.88. The third-order valence-corrected chi connectivity index (χ3v) is 6.69. The number of anilines is 2. The van der Waals surface area contributed by atoms with Gasteiger partial charge in [0.05, 0.1) is 12.1 Å². The van der Waals surface area contributed by atoms with Gasteiger partial charge in [-0.25, -0.2) is 4.98 Å². The maximum Gasteiger partial charge on any atom is 0.303 e. The van der Waals surface area contributed by atoms with Crippen molar-refractivity contribution in [1.29, 1.82) is 0 Å². The number of benzene rings is 2. The fourth-order valence-electron chi connectivity index (χ4n) is 3.86. The molecule has 0 radical (unpaired) electrons. The van der Waals surface area contributed by atoms with E-state index in [0.717, 1.165) is 12.0 Å². The zero-order valence-corrected chi connectivity index (χ0v) is 21.2. The summed E-state index contributed by atoms with van der Waals surface area (Å²) in [6, 6.07) is 16.0. The van der Waals surface area contributed by atoms with Gasteiger partial charge in [0.25, 0.3) is 5.91 Å². The summed E-state index contributed by atoms with van der Waals surface area (Å²) in [4.78, 5) is 27.5. The second kappa shape index (κ2) is 14.3. The van der Waals surface area contributed by atoms with E-state index in [1.807, 2.05) is 24.3 Å². The minimum absolute atomic E-state index is 0.0239. The van der Waals surface area contributed by atoms with Gasteiger partial charge in [0, 0.05) is 29.6 Å². The lowest BCUT2D eigenvalue weighted by atomic mass is 10.0. The molecule has 186 valence electrons. The van der Waals surface area contributed by atoms with Crippen LogP contribution in [0.5, 0.6) is 0 Å². The molecule has 3 rings (SSSR count). The van der Waals surface area contributed by atoms with Gasteiger partial charge in [-0.05, 0) is 42.2 Å². The Hall–Kier alpha value is -3.19. The first-order chi connectivity index (χ1) is 17.0. The monoisotopic (exact) mass is 493 g/mol. The Kier molecular flexibility index (Phi) is 10.8. The Balaban J connectivity index is 1.47. The van der Waals surface area contributed by atoms with E-state index in [9.17, 15) is 9.59 Å². The molecule has 6 nitrogen and oxygen atoms in total. The van der Waals surface area contributed by atoms with Crippen LogP contribution in [-0.4, -0.2) is 22.0 Å². The minimum Gasteiger partial charge on any atom is -0.481 e. The first-order valence-electron chi connectivity index (χ1n) is 12.4. The molecule has 3 aromatic rings. The van der Waals surface area contributed by atoms with Crippen molar-refractivity contribution in [3.05, 3.63) is 76.3 Å². The van der Waals surface area contributed by atoms with E-state index in [2.05, 4.69) is 46.8 Å². The van der Waals surface area contributed by atoms with Gasteiger partial charge in [-0.15, -0.1) is 11.3 Å². The van der Waals surface area contributed by atoms with Gasteiger partial charge in [0.15, 0.2) is 5.13 Å². The van der Waals surface area contributed by atoms with E-state index in [1.54, 1.807) is 5.38 Å². The molecule has 1 heterocycles. The molecule has 0 fully saturated rings. The number of carboxylic acid groups (broad SMARTS) is 1. The van der Waals surface area contributed by atoms with Crippen LogP contribution in [-0.2, 0) is 24.2 Å². The van der Waals surface area contributed by atoms with Crippen LogP contribution in [0.2, 0.25) is 0 Å². The Morgan fingerprint density at radius 3 is 2.46 bits per heavy atom. The average molecular weight is 494 g/mol.